The Morgan fingerprint density at radius 2 is 2.03 bits per heavy atom. The van der Waals surface area contributed by atoms with Crippen molar-refractivity contribution in [3.63, 3.8) is 0 Å². The van der Waals surface area contributed by atoms with Crippen LogP contribution in [0.3, 0.4) is 0 Å². The number of aryl methyl sites for hydroxylation is 2. The number of hydrogen-bond donors (Lipinski definition) is 2. The van der Waals surface area contributed by atoms with Crippen molar-refractivity contribution in [2.75, 3.05) is 17.2 Å². The number of nitrogens with one attached hydrogen (secondary N) is 2. The fourth-order valence-corrected chi connectivity index (χ4v) is 5.47. The van der Waals surface area contributed by atoms with Gasteiger partial charge in [0.1, 0.15) is 6.04 Å². The van der Waals surface area contributed by atoms with Crippen LogP contribution in [0.25, 0.3) is 10.9 Å². The largest absolute Gasteiger partial charge is 0.354 e. The van der Waals surface area contributed by atoms with Gasteiger partial charge in [0, 0.05) is 42.0 Å². The third-order valence-electron chi connectivity index (χ3n) is 6.18. The lowest BCUT2D eigenvalue weighted by Gasteiger charge is -2.30. The Bertz CT molecular complexity index is 1230. The van der Waals surface area contributed by atoms with Crippen molar-refractivity contribution < 1.29 is 9.59 Å². The number of thioether (sulfide) groups is 1. The summed E-state index contributed by atoms with van der Waals surface area (Å²) in [6.07, 6.45) is 2.18. The lowest BCUT2D eigenvalue weighted by molar-refractivity contribution is -0.125. The number of aromatic nitrogens is 1. The van der Waals surface area contributed by atoms with Gasteiger partial charge in [-0.05, 0) is 48.6 Å². The van der Waals surface area contributed by atoms with E-state index in [4.69, 9.17) is 5.41 Å². The van der Waals surface area contributed by atoms with Gasteiger partial charge in [0.2, 0.25) is 11.8 Å². The summed E-state index contributed by atoms with van der Waals surface area (Å²) in [6, 6.07) is 12.8. The summed E-state index contributed by atoms with van der Waals surface area (Å²) < 4.78 is 2.09. The summed E-state index contributed by atoms with van der Waals surface area (Å²) in [6.45, 7) is 6.73. The highest BCUT2D eigenvalue weighted by Crippen LogP contribution is 2.43. The first-order valence-electron chi connectivity index (χ1n) is 11.2. The Morgan fingerprint density at radius 1 is 1.27 bits per heavy atom. The van der Waals surface area contributed by atoms with E-state index in [9.17, 15) is 9.59 Å². The monoisotopic (exact) mass is 462 g/mol. The van der Waals surface area contributed by atoms with Crippen LogP contribution < -0.4 is 10.2 Å². The number of hydrogen-bond acceptors (Lipinski definition) is 4. The highest BCUT2D eigenvalue weighted by atomic mass is 32.2. The van der Waals surface area contributed by atoms with Gasteiger partial charge in [-0.25, -0.2) is 0 Å². The van der Waals surface area contributed by atoms with Gasteiger partial charge < -0.3 is 15.3 Å². The van der Waals surface area contributed by atoms with Crippen molar-refractivity contribution in [3.8, 4) is 0 Å². The number of carbonyl (C=O) groups excluding carboxylic acids is 2. The molecule has 4 rings (SSSR count). The Balaban J connectivity index is 1.89. The lowest BCUT2D eigenvalue weighted by Crippen LogP contribution is -2.44. The van der Waals surface area contributed by atoms with Crippen molar-refractivity contribution in [2.24, 2.45) is 13.0 Å². The van der Waals surface area contributed by atoms with Crippen molar-refractivity contribution >= 4 is 46.4 Å². The summed E-state index contributed by atoms with van der Waals surface area (Å²) in [5.41, 5.74) is 4.27. The van der Waals surface area contributed by atoms with Crippen LogP contribution in [-0.2, 0) is 16.6 Å². The van der Waals surface area contributed by atoms with Gasteiger partial charge in [0.25, 0.3) is 0 Å². The molecule has 0 fully saturated rings. The summed E-state index contributed by atoms with van der Waals surface area (Å²) in [7, 11) is 1.99. The number of nitrogens with zero attached hydrogens (tertiary/aromatic N) is 2. The fourth-order valence-electron chi connectivity index (χ4n) is 4.40. The molecule has 2 N–H and O–H groups in total. The first-order chi connectivity index (χ1) is 15.8. The Labute approximate surface area is 198 Å². The van der Waals surface area contributed by atoms with Crippen molar-refractivity contribution in [3.05, 3.63) is 59.2 Å². The van der Waals surface area contributed by atoms with Crippen LogP contribution in [0, 0.1) is 18.3 Å². The van der Waals surface area contributed by atoms with E-state index in [0.717, 1.165) is 39.0 Å². The van der Waals surface area contributed by atoms with Crippen LogP contribution in [0.1, 0.15) is 43.0 Å². The van der Waals surface area contributed by atoms with E-state index in [-0.39, 0.29) is 17.6 Å². The Kier molecular flexibility index (Phi) is 6.61. The molecule has 2 aromatic carbocycles. The average Bonchev–Trinajstić information content (AvgIpc) is 2.96. The number of rotatable bonds is 6. The van der Waals surface area contributed by atoms with Gasteiger partial charge in [0.15, 0.2) is 0 Å². The molecule has 0 aliphatic carbocycles. The van der Waals surface area contributed by atoms with Crippen LogP contribution in [0.15, 0.2) is 47.5 Å². The molecule has 2 amide bonds. The third kappa shape index (κ3) is 4.29. The summed E-state index contributed by atoms with van der Waals surface area (Å²) in [4.78, 5) is 28.8. The molecule has 0 saturated carbocycles. The maximum absolute atomic E-state index is 13.7. The van der Waals surface area contributed by atoms with Gasteiger partial charge in [-0.3, -0.25) is 14.5 Å². The molecule has 1 atom stereocenters. The molecule has 0 spiro atoms. The van der Waals surface area contributed by atoms with Crippen LogP contribution in [-0.4, -0.2) is 34.9 Å². The van der Waals surface area contributed by atoms with Crippen molar-refractivity contribution in [2.45, 2.75) is 38.3 Å². The molecule has 1 unspecified atom stereocenters. The lowest BCUT2D eigenvalue weighted by atomic mass is 10.0. The average molecular weight is 463 g/mol. The van der Waals surface area contributed by atoms with E-state index in [0.29, 0.717) is 18.2 Å². The van der Waals surface area contributed by atoms with Crippen LogP contribution in [0.5, 0.6) is 0 Å². The molecular weight excluding hydrogens is 432 g/mol. The van der Waals surface area contributed by atoms with Gasteiger partial charge in [-0.1, -0.05) is 49.9 Å². The minimum atomic E-state index is -0.772. The number of carbonyl (C=O) groups is 2. The standard InChI is InChI=1S/C26H30N4O2S/c1-16(2)11-12-28-25(32)24-23-20-7-5-6-8-21(20)29(4)26(23)33-15-22(31)30(24)19-10-9-18(14-27)17(3)13-19/h5-10,13-14,16,24,27H,11-12,15H2,1-4H3,(H,28,32). The zero-order valence-electron chi connectivity index (χ0n) is 19.5. The molecule has 3 aromatic rings. The van der Waals surface area contributed by atoms with Gasteiger partial charge in [-0.2, -0.15) is 0 Å². The summed E-state index contributed by atoms with van der Waals surface area (Å²) in [5.74, 6) is 0.444. The van der Waals surface area contributed by atoms with Crippen molar-refractivity contribution in [1.82, 2.24) is 9.88 Å². The molecular formula is C26H30N4O2S. The number of benzene rings is 2. The summed E-state index contributed by atoms with van der Waals surface area (Å²) >= 11 is 1.49. The van der Waals surface area contributed by atoms with Gasteiger partial charge >= 0.3 is 0 Å². The zero-order chi connectivity index (χ0) is 23.7. The number of para-hydroxylation sites is 1. The molecule has 33 heavy (non-hydrogen) atoms. The quantitative estimate of drug-likeness (QED) is 0.515. The molecule has 2 heterocycles. The van der Waals surface area contributed by atoms with Gasteiger partial charge in [-0.15, -0.1) is 0 Å². The zero-order valence-corrected chi connectivity index (χ0v) is 20.3. The third-order valence-corrected chi connectivity index (χ3v) is 7.34. The minimum absolute atomic E-state index is 0.105. The predicted molar refractivity (Wildman–Crippen MR) is 135 cm³/mol. The number of amides is 2. The highest BCUT2D eigenvalue weighted by molar-refractivity contribution is 8.00. The van der Waals surface area contributed by atoms with Crippen LogP contribution in [0.4, 0.5) is 5.69 Å². The number of fused-ring (bicyclic) bond motifs is 3. The second-order valence-corrected chi connectivity index (χ2v) is 9.87. The Hall–Kier alpha value is -3.06. The van der Waals surface area contributed by atoms with E-state index < -0.39 is 6.04 Å². The minimum Gasteiger partial charge on any atom is -0.354 e. The first-order valence-corrected chi connectivity index (χ1v) is 12.2. The second-order valence-electron chi connectivity index (χ2n) is 8.91. The maximum Gasteiger partial charge on any atom is 0.247 e. The molecule has 1 aliphatic rings. The van der Waals surface area contributed by atoms with Crippen molar-refractivity contribution in [1.29, 1.82) is 5.41 Å². The van der Waals surface area contributed by atoms with E-state index in [1.807, 2.05) is 56.4 Å². The molecule has 7 heteroatoms. The SMILES string of the molecule is Cc1cc(N2C(=O)CSc3c(c4ccccc4n3C)C2C(=O)NCCC(C)C)ccc1C=N. The predicted octanol–water partition coefficient (Wildman–Crippen LogP) is 4.83. The van der Waals surface area contributed by atoms with Crippen LogP contribution in [0.2, 0.25) is 0 Å². The first kappa shape index (κ1) is 23.1. The highest BCUT2D eigenvalue weighted by Gasteiger charge is 2.39. The second kappa shape index (κ2) is 9.43. The smallest absolute Gasteiger partial charge is 0.247 e. The topological polar surface area (TPSA) is 78.2 Å². The fraction of sp³-hybridized carbons (Fsp3) is 0.346. The van der Waals surface area contributed by atoms with E-state index in [1.165, 1.54) is 18.0 Å². The van der Waals surface area contributed by atoms with E-state index >= 15 is 0 Å². The van der Waals surface area contributed by atoms with E-state index in [1.54, 1.807) is 4.90 Å². The molecule has 0 bridgehead atoms. The molecule has 1 aliphatic heterocycles. The summed E-state index contributed by atoms with van der Waals surface area (Å²) in [5, 5.41) is 12.6. The molecule has 0 saturated heterocycles. The van der Waals surface area contributed by atoms with Gasteiger partial charge in [0.05, 0.1) is 10.8 Å². The molecule has 172 valence electrons. The van der Waals surface area contributed by atoms with E-state index in [2.05, 4.69) is 23.7 Å². The van der Waals surface area contributed by atoms with Crippen LogP contribution >= 0.6 is 11.8 Å². The Morgan fingerprint density at radius 3 is 2.73 bits per heavy atom. The maximum atomic E-state index is 13.7. The molecule has 6 nitrogen and oxygen atoms in total. The normalized spacial score (nSPS) is 16.1. The molecule has 1 aromatic heterocycles. The molecule has 0 radical (unpaired) electrons. The number of anilines is 1.